The molecule has 7 heteroatoms. The van der Waals surface area contributed by atoms with E-state index in [1.54, 1.807) is 34.1 Å². The molecular formula is C25H25ClN4O2. The van der Waals surface area contributed by atoms with Crippen molar-refractivity contribution in [2.75, 3.05) is 24.5 Å². The third kappa shape index (κ3) is 4.32. The Morgan fingerprint density at radius 1 is 1.12 bits per heavy atom. The Bertz CT molecular complexity index is 1160. The van der Waals surface area contributed by atoms with Crippen LogP contribution in [0.3, 0.4) is 0 Å². The molecule has 0 spiro atoms. The Kier molecular flexibility index (Phi) is 6.42. The van der Waals surface area contributed by atoms with Gasteiger partial charge in [-0.15, -0.1) is 13.2 Å². The van der Waals surface area contributed by atoms with E-state index in [-0.39, 0.29) is 24.3 Å². The summed E-state index contributed by atoms with van der Waals surface area (Å²) in [6, 6.07) is 15.0. The molecule has 1 aliphatic heterocycles. The molecule has 2 aromatic carbocycles. The van der Waals surface area contributed by atoms with Crippen LogP contribution in [0.1, 0.15) is 18.2 Å². The van der Waals surface area contributed by atoms with Gasteiger partial charge in [-0.2, -0.15) is 0 Å². The molecule has 164 valence electrons. The van der Waals surface area contributed by atoms with Gasteiger partial charge in [-0.25, -0.2) is 4.98 Å². The summed E-state index contributed by atoms with van der Waals surface area (Å²) in [6.07, 6.45) is 3.74. The van der Waals surface area contributed by atoms with Crippen LogP contribution in [-0.2, 0) is 16.1 Å². The first kappa shape index (κ1) is 21.8. The molecule has 32 heavy (non-hydrogen) atoms. The van der Waals surface area contributed by atoms with E-state index in [4.69, 9.17) is 16.6 Å². The van der Waals surface area contributed by atoms with Crippen LogP contribution in [-0.4, -0.2) is 45.9 Å². The van der Waals surface area contributed by atoms with E-state index in [1.807, 2.05) is 41.0 Å². The van der Waals surface area contributed by atoms with Crippen LogP contribution in [0, 0.1) is 0 Å². The SMILES string of the molecule is C=CCN(CC=C)C(=O)Cn1c(C2CC(=O)N(c3ccc(Cl)cc3)C2)nc2ccccc21. The van der Waals surface area contributed by atoms with Crippen LogP contribution in [0.4, 0.5) is 5.69 Å². The molecule has 0 bridgehead atoms. The predicted octanol–water partition coefficient (Wildman–Crippen LogP) is 4.41. The number of hydrogen-bond donors (Lipinski definition) is 0. The molecule has 1 unspecified atom stereocenters. The lowest BCUT2D eigenvalue weighted by Gasteiger charge is -2.21. The average Bonchev–Trinajstić information content (AvgIpc) is 3.35. The smallest absolute Gasteiger partial charge is 0.243 e. The molecular weight excluding hydrogens is 424 g/mol. The lowest BCUT2D eigenvalue weighted by Crippen LogP contribution is -2.34. The number of halogens is 1. The predicted molar refractivity (Wildman–Crippen MR) is 128 cm³/mol. The van der Waals surface area contributed by atoms with Gasteiger partial charge in [-0.3, -0.25) is 9.59 Å². The summed E-state index contributed by atoms with van der Waals surface area (Å²) in [5.74, 6) is 0.613. The van der Waals surface area contributed by atoms with E-state index in [0.29, 0.717) is 31.1 Å². The molecule has 0 N–H and O–H groups in total. The van der Waals surface area contributed by atoms with Crippen molar-refractivity contribution < 1.29 is 9.59 Å². The first-order valence-corrected chi connectivity index (χ1v) is 10.9. The van der Waals surface area contributed by atoms with E-state index in [0.717, 1.165) is 22.5 Å². The fraction of sp³-hybridized carbons (Fsp3) is 0.240. The largest absolute Gasteiger partial charge is 0.334 e. The number of fused-ring (bicyclic) bond motifs is 1. The van der Waals surface area contributed by atoms with E-state index in [1.165, 1.54) is 0 Å². The van der Waals surface area contributed by atoms with Crippen LogP contribution < -0.4 is 4.90 Å². The zero-order valence-corrected chi connectivity index (χ0v) is 18.5. The van der Waals surface area contributed by atoms with Gasteiger partial charge in [0.2, 0.25) is 11.8 Å². The summed E-state index contributed by atoms with van der Waals surface area (Å²) in [4.78, 5) is 34.2. The molecule has 4 rings (SSSR count). The van der Waals surface area contributed by atoms with Crippen molar-refractivity contribution in [1.82, 2.24) is 14.5 Å². The first-order chi connectivity index (χ1) is 15.5. The third-order valence-corrected chi connectivity index (χ3v) is 5.91. The summed E-state index contributed by atoms with van der Waals surface area (Å²) in [5.41, 5.74) is 2.50. The average molecular weight is 449 g/mol. The molecule has 2 amide bonds. The standard InChI is InChI=1S/C25H25ClN4O2/c1-3-13-28(14-4-2)24(32)17-30-22-8-6-5-7-21(22)27-25(30)18-15-23(31)29(16-18)20-11-9-19(26)10-12-20/h3-12,18H,1-2,13-17H2. The maximum absolute atomic E-state index is 13.1. The number of carbonyl (C=O) groups is 2. The molecule has 2 heterocycles. The molecule has 0 saturated carbocycles. The van der Waals surface area contributed by atoms with Crippen LogP contribution in [0.15, 0.2) is 73.8 Å². The monoisotopic (exact) mass is 448 g/mol. The fourth-order valence-corrected chi connectivity index (χ4v) is 4.27. The van der Waals surface area contributed by atoms with E-state index >= 15 is 0 Å². The van der Waals surface area contributed by atoms with Crippen molar-refractivity contribution >= 4 is 40.1 Å². The number of para-hydroxylation sites is 2. The number of amides is 2. The van der Waals surface area contributed by atoms with Crippen molar-refractivity contribution in [3.8, 4) is 0 Å². The Morgan fingerprint density at radius 3 is 2.50 bits per heavy atom. The molecule has 6 nitrogen and oxygen atoms in total. The number of carbonyl (C=O) groups excluding carboxylic acids is 2. The van der Waals surface area contributed by atoms with Gasteiger partial charge in [-0.05, 0) is 36.4 Å². The first-order valence-electron chi connectivity index (χ1n) is 10.5. The zero-order chi connectivity index (χ0) is 22.7. The van der Waals surface area contributed by atoms with Gasteiger partial charge in [0.1, 0.15) is 12.4 Å². The van der Waals surface area contributed by atoms with Gasteiger partial charge in [0.15, 0.2) is 0 Å². The Labute approximate surface area is 192 Å². The van der Waals surface area contributed by atoms with E-state index < -0.39 is 0 Å². The molecule has 1 aromatic heterocycles. The van der Waals surface area contributed by atoms with E-state index in [9.17, 15) is 9.59 Å². The minimum Gasteiger partial charge on any atom is -0.334 e. The molecule has 1 fully saturated rings. The maximum Gasteiger partial charge on any atom is 0.243 e. The summed E-state index contributed by atoms with van der Waals surface area (Å²) in [5, 5.41) is 0.626. The number of benzene rings is 2. The zero-order valence-electron chi connectivity index (χ0n) is 17.8. The number of nitrogens with zero attached hydrogens (tertiary/aromatic N) is 4. The second kappa shape index (κ2) is 9.40. The Balaban J connectivity index is 1.66. The van der Waals surface area contributed by atoms with Crippen molar-refractivity contribution in [3.05, 3.63) is 84.7 Å². The molecule has 0 radical (unpaired) electrons. The Morgan fingerprint density at radius 2 is 1.81 bits per heavy atom. The van der Waals surface area contributed by atoms with Crippen LogP contribution in [0.2, 0.25) is 5.02 Å². The lowest BCUT2D eigenvalue weighted by molar-refractivity contribution is -0.130. The van der Waals surface area contributed by atoms with Gasteiger partial charge in [0, 0.05) is 42.7 Å². The fourth-order valence-electron chi connectivity index (χ4n) is 4.15. The summed E-state index contributed by atoms with van der Waals surface area (Å²) in [7, 11) is 0. The van der Waals surface area contributed by atoms with Crippen LogP contribution in [0.25, 0.3) is 11.0 Å². The summed E-state index contributed by atoms with van der Waals surface area (Å²) in [6.45, 7) is 9.02. The minimum absolute atomic E-state index is 0.0298. The topological polar surface area (TPSA) is 58.4 Å². The highest BCUT2D eigenvalue weighted by Gasteiger charge is 2.35. The maximum atomic E-state index is 13.1. The third-order valence-electron chi connectivity index (χ3n) is 5.66. The molecule has 1 atom stereocenters. The van der Waals surface area contributed by atoms with Gasteiger partial charge in [0.05, 0.1) is 11.0 Å². The lowest BCUT2D eigenvalue weighted by atomic mass is 10.1. The van der Waals surface area contributed by atoms with Gasteiger partial charge in [-0.1, -0.05) is 35.9 Å². The normalized spacial score (nSPS) is 15.8. The van der Waals surface area contributed by atoms with Gasteiger partial charge < -0.3 is 14.4 Å². The summed E-state index contributed by atoms with van der Waals surface area (Å²) >= 11 is 6.00. The van der Waals surface area contributed by atoms with Crippen LogP contribution >= 0.6 is 11.6 Å². The highest BCUT2D eigenvalue weighted by Crippen LogP contribution is 2.33. The molecule has 0 aliphatic carbocycles. The molecule has 3 aromatic rings. The highest BCUT2D eigenvalue weighted by atomic mass is 35.5. The van der Waals surface area contributed by atoms with Crippen molar-refractivity contribution in [3.63, 3.8) is 0 Å². The number of imidazole rings is 1. The summed E-state index contributed by atoms with van der Waals surface area (Å²) < 4.78 is 1.94. The van der Waals surface area contributed by atoms with Gasteiger partial charge >= 0.3 is 0 Å². The Hall–Kier alpha value is -3.38. The number of anilines is 1. The van der Waals surface area contributed by atoms with E-state index in [2.05, 4.69) is 13.2 Å². The second-order valence-electron chi connectivity index (χ2n) is 7.80. The van der Waals surface area contributed by atoms with Crippen molar-refractivity contribution in [2.24, 2.45) is 0 Å². The quantitative estimate of drug-likeness (QED) is 0.479. The number of aromatic nitrogens is 2. The highest BCUT2D eigenvalue weighted by molar-refractivity contribution is 6.30. The second-order valence-corrected chi connectivity index (χ2v) is 8.24. The molecule has 1 saturated heterocycles. The minimum atomic E-state index is -0.120. The van der Waals surface area contributed by atoms with Gasteiger partial charge in [0.25, 0.3) is 0 Å². The molecule has 1 aliphatic rings. The van der Waals surface area contributed by atoms with Crippen molar-refractivity contribution in [2.45, 2.75) is 18.9 Å². The van der Waals surface area contributed by atoms with Crippen LogP contribution in [0.5, 0.6) is 0 Å². The van der Waals surface area contributed by atoms with Crippen molar-refractivity contribution in [1.29, 1.82) is 0 Å². The number of rotatable bonds is 8. The number of hydrogen-bond acceptors (Lipinski definition) is 3.